The first-order valence-electron chi connectivity index (χ1n) is 7.67. The van der Waals surface area contributed by atoms with Crippen LogP contribution < -0.4 is 10.1 Å². The fraction of sp³-hybridized carbons (Fsp3) is 0.211. The number of hydrogen-bond acceptors (Lipinski definition) is 5. The molecule has 0 radical (unpaired) electrons. The van der Waals surface area contributed by atoms with Gasteiger partial charge >= 0.3 is 5.97 Å². The number of benzene rings is 2. The maximum atomic E-state index is 12.2. The molecule has 25 heavy (non-hydrogen) atoms. The highest BCUT2D eigenvalue weighted by Crippen LogP contribution is 2.16. The number of ketones is 1. The number of methoxy groups -OCH3 is 1. The average molecular weight is 341 g/mol. The standard InChI is InChI=1S/C19H19NO5/c1-12(21)14-4-8-16(9-5-14)20-18(22)13(2)25-17-10-6-15(7-11-17)19(23)24-3/h4-11,13H,1-3H3,(H,20,22)/t13-/m1/s1. The molecule has 0 spiro atoms. The van der Waals surface area contributed by atoms with Gasteiger partial charge in [-0.15, -0.1) is 0 Å². The van der Waals surface area contributed by atoms with E-state index in [-0.39, 0.29) is 11.7 Å². The van der Waals surface area contributed by atoms with Crippen LogP contribution in [0.25, 0.3) is 0 Å². The summed E-state index contributed by atoms with van der Waals surface area (Å²) < 4.78 is 10.2. The van der Waals surface area contributed by atoms with E-state index in [0.717, 1.165) is 0 Å². The van der Waals surface area contributed by atoms with Crippen molar-refractivity contribution >= 4 is 23.3 Å². The first-order chi connectivity index (χ1) is 11.9. The molecule has 130 valence electrons. The van der Waals surface area contributed by atoms with E-state index >= 15 is 0 Å². The minimum atomic E-state index is -0.739. The molecule has 0 saturated heterocycles. The van der Waals surface area contributed by atoms with Gasteiger partial charge in [0.25, 0.3) is 5.91 Å². The molecule has 0 saturated carbocycles. The van der Waals surface area contributed by atoms with Gasteiger partial charge < -0.3 is 14.8 Å². The molecular weight excluding hydrogens is 322 g/mol. The van der Waals surface area contributed by atoms with E-state index in [4.69, 9.17) is 4.74 Å². The van der Waals surface area contributed by atoms with Crippen molar-refractivity contribution in [3.05, 3.63) is 59.7 Å². The van der Waals surface area contributed by atoms with Crippen molar-refractivity contribution in [1.29, 1.82) is 0 Å². The topological polar surface area (TPSA) is 81.7 Å². The van der Waals surface area contributed by atoms with Crippen LogP contribution in [0.2, 0.25) is 0 Å². The molecule has 6 nitrogen and oxygen atoms in total. The van der Waals surface area contributed by atoms with E-state index in [0.29, 0.717) is 22.6 Å². The number of Topliss-reactive ketones (excluding diaryl/α,β-unsaturated/α-hetero) is 1. The highest BCUT2D eigenvalue weighted by Gasteiger charge is 2.15. The van der Waals surface area contributed by atoms with E-state index in [2.05, 4.69) is 10.1 Å². The predicted molar refractivity (Wildman–Crippen MR) is 92.9 cm³/mol. The average Bonchev–Trinajstić information content (AvgIpc) is 2.62. The summed E-state index contributed by atoms with van der Waals surface area (Å²) in [6.07, 6.45) is -0.739. The summed E-state index contributed by atoms with van der Waals surface area (Å²) >= 11 is 0. The zero-order valence-corrected chi connectivity index (χ0v) is 14.2. The monoisotopic (exact) mass is 341 g/mol. The van der Waals surface area contributed by atoms with Gasteiger partial charge in [-0.05, 0) is 62.4 Å². The van der Waals surface area contributed by atoms with Crippen LogP contribution in [0.15, 0.2) is 48.5 Å². The number of anilines is 1. The number of amides is 1. The fourth-order valence-electron chi connectivity index (χ4n) is 2.08. The van der Waals surface area contributed by atoms with E-state index in [9.17, 15) is 14.4 Å². The molecule has 2 rings (SSSR count). The number of carbonyl (C=O) groups excluding carboxylic acids is 3. The van der Waals surface area contributed by atoms with Crippen molar-refractivity contribution in [2.24, 2.45) is 0 Å². The molecule has 0 aliphatic carbocycles. The van der Waals surface area contributed by atoms with E-state index in [1.54, 1.807) is 55.5 Å². The van der Waals surface area contributed by atoms with Crippen LogP contribution >= 0.6 is 0 Å². The van der Waals surface area contributed by atoms with Crippen LogP contribution in [-0.4, -0.2) is 30.9 Å². The van der Waals surface area contributed by atoms with E-state index in [1.807, 2.05) is 0 Å². The SMILES string of the molecule is COC(=O)c1ccc(O[C@H](C)C(=O)Nc2ccc(C(C)=O)cc2)cc1. The summed E-state index contributed by atoms with van der Waals surface area (Å²) in [6, 6.07) is 12.9. The van der Waals surface area contributed by atoms with Gasteiger partial charge in [-0.1, -0.05) is 0 Å². The Morgan fingerprint density at radius 1 is 0.920 bits per heavy atom. The van der Waals surface area contributed by atoms with E-state index in [1.165, 1.54) is 14.0 Å². The van der Waals surface area contributed by atoms with Crippen molar-refractivity contribution in [1.82, 2.24) is 0 Å². The summed E-state index contributed by atoms with van der Waals surface area (Å²) in [5.74, 6) is -0.342. The van der Waals surface area contributed by atoms with Gasteiger partial charge in [-0.2, -0.15) is 0 Å². The summed E-state index contributed by atoms with van der Waals surface area (Å²) in [7, 11) is 1.31. The summed E-state index contributed by atoms with van der Waals surface area (Å²) in [5, 5.41) is 2.72. The lowest BCUT2D eigenvalue weighted by atomic mass is 10.1. The van der Waals surface area contributed by atoms with Crippen molar-refractivity contribution in [3.8, 4) is 5.75 Å². The number of nitrogens with one attached hydrogen (secondary N) is 1. The first kappa shape index (κ1) is 18.2. The fourth-order valence-corrected chi connectivity index (χ4v) is 2.08. The highest BCUT2D eigenvalue weighted by molar-refractivity contribution is 5.96. The number of hydrogen-bond donors (Lipinski definition) is 1. The number of rotatable bonds is 6. The molecule has 1 N–H and O–H groups in total. The van der Waals surface area contributed by atoms with Crippen LogP contribution in [0.5, 0.6) is 5.75 Å². The molecule has 1 atom stereocenters. The number of ether oxygens (including phenoxy) is 2. The van der Waals surface area contributed by atoms with Crippen molar-refractivity contribution in [2.45, 2.75) is 20.0 Å². The quantitative estimate of drug-likeness (QED) is 0.645. The molecule has 2 aromatic rings. The molecule has 0 aliphatic heterocycles. The largest absolute Gasteiger partial charge is 0.481 e. The second kappa shape index (κ2) is 8.10. The Balaban J connectivity index is 1.95. The van der Waals surface area contributed by atoms with Gasteiger partial charge in [0, 0.05) is 11.3 Å². The maximum Gasteiger partial charge on any atom is 0.337 e. The van der Waals surface area contributed by atoms with Crippen molar-refractivity contribution < 1.29 is 23.9 Å². The molecule has 0 heterocycles. The Morgan fingerprint density at radius 2 is 1.48 bits per heavy atom. The lowest BCUT2D eigenvalue weighted by molar-refractivity contribution is -0.122. The Kier molecular flexibility index (Phi) is 5.89. The molecule has 0 bridgehead atoms. The van der Waals surface area contributed by atoms with Gasteiger partial charge in [0.05, 0.1) is 12.7 Å². The molecule has 2 aromatic carbocycles. The van der Waals surface area contributed by atoms with Gasteiger partial charge in [-0.3, -0.25) is 9.59 Å². The Labute approximate surface area is 145 Å². The van der Waals surface area contributed by atoms with Gasteiger partial charge in [-0.25, -0.2) is 4.79 Å². The van der Waals surface area contributed by atoms with Gasteiger partial charge in [0.2, 0.25) is 0 Å². The molecule has 1 amide bonds. The summed E-state index contributed by atoms with van der Waals surface area (Å²) in [5.41, 5.74) is 1.55. The summed E-state index contributed by atoms with van der Waals surface area (Å²) in [4.78, 5) is 34.8. The Bertz CT molecular complexity index is 765. The van der Waals surface area contributed by atoms with Crippen LogP contribution in [0.3, 0.4) is 0 Å². The Hall–Kier alpha value is -3.15. The maximum absolute atomic E-state index is 12.2. The molecule has 0 fully saturated rings. The second-order valence-corrected chi connectivity index (χ2v) is 5.40. The van der Waals surface area contributed by atoms with Gasteiger partial charge in [0.1, 0.15) is 5.75 Å². The summed E-state index contributed by atoms with van der Waals surface area (Å²) in [6.45, 7) is 3.10. The van der Waals surface area contributed by atoms with Crippen molar-refractivity contribution in [3.63, 3.8) is 0 Å². The predicted octanol–water partition coefficient (Wildman–Crippen LogP) is 3.08. The third kappa shape index (κ3) is 4.91. The molecule has 0 unspecified atom stereocenters. The molecule has 6 heteroatoms. The molecular formula is C19H19NO5. The van der Waals surface area contributed by atoms with Crippen molar-refractivity contribution in [2.75, 3.05) is 12.4 Å². The zero-order valence-electron chi connectivity index (χ0n) is 14.2. The third-order valence-electron chi connectivity index (χ3n) is 3.52. The van der Waals surface area contributed by atoms with Crippen LogP contribution in [0.4, 0.5) is 5.69 Å². The molecule has 0 aliphatic rings. The minimum Gasteiger partial charge on any atom is -0.481 e. The van der Waals surface area contributed by atoms with Crippen LogP contribution in [0, 0.1) is 0 Å². The van der Waals surface area contributed by atoms with Gasteiger partial charge in [0.15, 0.2) is 11.9 Å². The minimum absolute atomic E-state index is 0.0371. The normalized spacial score (nSPS) is 11.3. The Morgan fingerprint density at radius 3 is 2.00 bits per heavy atom. The second-order valence-electron chi connectivity index (χ2n) is 5.40. The lowest BCUT2D eigenvalue weighted by Crippen LogP contribution is -2.30. The lowest BCUT2D eigenvalue weighted by Gasteiger charge is -2.15. The smallest absolute Gasteiger partial charge is 0.337 e. The number of esters is 1. The number of carbonyl (C=O) groups is 3. The van der Waals surface area contributed by atoms with E-state index < -0.39 is 12.1 Å². The third-order valence-corrected chi connectivity index (χ3v) is 3.52. The van der Waals surface area contributed by atoms with Crippen LogP contribution in [0.1, 0.15) is 34.6 Å². The highest BCUT2D eigenvalue weighted by atomic mass is 16.5. The first-order valence-corrected chi connectivity index (χ1v) is 7.67. The zero-order chi connectivity index (χ0) is 18.4. The molecule has 0 aromatic heterocycles. The van der Waals surface area contributed by atoms with Crippen LogP contribution in [-0.2, 0) is 9.53 Å².